The molecule has 0 aliphatic rings. The third kappa shape index (κ3) is 1.79. The SMILES string of the molecule is CC(C)(C)c1cn2cc(N)c(Cl)cc2n1. The van der Waals surface area contributed by atoms with Crippen LogP contribution in [0.1, 0.15) is 26.5 Å². The molecule has 0 saturated heterocycles. The number of hydrogen-bond acceptors (Lipinski definition) is 2. The molecule has 4 heteroatoms. The molecule has 0 amide bonds. The molecule has 0 bridgehead atoms. The predicted octanol–water partition coefficient (Wildman–Crippen LogP) is 2.87. The fraction of sp³-hybridized carbons (Fsp3) is 0.364. The maximum Gasteiger partial charge on any atom is 0.138 e. The van der Waals surface area contributed by atoms with E-state index >= 15 is 0 Å². The van der Waals surface area contributed by atoms with E-state index in [-0.39, 0.29) is 5.41 Å². The molecule has 0 aliphatic carbocycles. The molecule has 0 radical (unpaired) electrons. The van der Waals surface area contributed by atoms with E-state index in [0.29, 0.717) is 10.7 Å². The first-order valence-corrected chi connectivity index (χ1v) is 5.20. The second kappa shape index (κ2) is 3.14. The Kier molecular flexibility index (Phi) is 2.15. The molecular formula is C11H14ClN3. The number of anilines is 1. The molecule has 2 N–H and O–H groups in total. The van der Waals surface area contributed by atoms with Crippen molar-refractivity contribution in [2.45, 2.75) is 26.2 Å². The average Bonchev–Trinajstić information content (AvgIpc) is 2.47. The van der Waals surface area contributed by atoms with Gasteiger partial charge in [-0.05, 0) is 0 Å². The van der Waals surface area contributed by atoms with Gasteiger partial charge in [0.15, 0.2) is 0 Å². The summed E-state index contributed by atoms with van der Waals surface area (Å²) in [4.78, 5) is 4.51. The van der Waals surface area contributed by atoms with Gasteiger partial charge < -0.3 is 10.1 Å². The van der Waals surface area contributed by atoms with Gasteiger partial charge in [0, 0.05) is 23.9 Å². The van der Waals surface area contributed by atoms with Gasteiger partial charge in [0.1, 0.15) is 5.65 Å². The van der Waals surface area contributed by atoms with Crippen molar-refractivity contribution < 1.29 is 0 Å². The minimum absolute atomic E-state index is 0.0350. The van der Waals surface area contributed by atoms with Gasteiger partial charge in [-0.1, -0.05) is 32.4 Å². The van der Waals surface area contributed by atoms with Gasteiger partial charge in [-0.15, -0.1) is 0 Å². The first kappa shape index (κ1) is 10.3. The highest BCUT2D eigenvalue weighted by atomic mass is 35.5. The highest BCUT2D eigenvalue weighted by Gasteiger charge is 2.17. The van der Waals surface area contributed by atoms with Crippen LogP contribution in [-0.2, 0) is 5.41 Å². The molecule has 3 nitrogen and oxygen atoms in total. The smallest absolute Gasteiger partial charge is 0.138 e. The summed E-state index contributed by atoms with van der Waals surface area (Å²) in [6.45, 7) is 6.37. The number of nitrogens with zero attached hydrogens (tertiary/aromatic N) is 2. The zero-order chi connectivity index (χ0) is 11.2. The van der Waals surface area contributed by atoms with Crippen molar-refractivity contribution in [1.29, 1.82) is 0 Å². The molecule has 0 atom stereocenters. The second-order valence-corrected chi connectivity index (χ2v) is 5.13. The molecule has 0 fully saturated rings. The van der Waals surface area contributed by atoms with Crippen LogP contribution >= 0.6 is 11.6 Å². The van der Waals surface area contributed by atoms with E-state index < -0.39 is 0 Å². The maximum absolute atomic E-state index is 5.93. The fourth-order valence-corrected chi connectivity index (χ4v) is 1.53. The molecule has 2 aromatic rings. The maximum atomic E-state index is 5.93. The number of pyridine rings is 1. The van der Waals surface area contributed by atoms with E-state index in [1.165, 1.54) is 0 Å². The van der Waals surface area contributed by atoms with Gasteiger partial charge in [0.05, 0.1) is 16.4 Å². The summed E-state index contributed by atoms with van der Waals surface area (Å²) in [5.74, 6) is 0. The number of nitrogens with two attached hydrogens (primary N) is 1. The molecule has 2 aromatic heterocycles. The molecular weight excluding hydrogens is 210 g/mol. The highest BCUT2D eigenvalue weighted by Crippen LogP contribution is 2.25. The van der Waals surface area contributed by atoms with Crippen LogP contribution in [0.5, 0.6) is 0 Å². The normalized spacial score (nSPS) is 12.3. The highest BCUT2D eigenvalue weighted by molar-refractivity contribution is 6.33. The number of aromatic nitrogens is 2. The summed E-state index contributed by atoms with van der Waals surface area (Å²) >= 11 is 5.93. The molecule has 2 heterocycles. The molecule has 15 heavy (non-hydrogen) atoms. The summed E-state index contributed by atoms with van der Waals surface area (Å²) < 4.78 is 1.90. The van der Waals surface area contributed by atoms with E-state index in [1.54, 1.807) is 12.3 Å². The third-order valence-corrected chi connectivity index (χ3v) is 2.67. The molecule has 0 spiro atoms. The number of halogens is 1. The van der Waals surface area contributed by atoms with Gasteiger partial charge in [-0.2, -0.15) is 0 Å². The number of imidazole rings is 1. The Morgan fingerprint density at radius 1 is 1.33 bits per heavy atom. The van der Waals surface area contributed by atoms with Crippen molar-refractivity contribution in [2.24, 2.45) is 0 Å². The first-order valence-electron chi connectivity index (χ1n) is 4.82. The fourth-order valence-electron chi connectivity index (χ4n) is 1.39. The lowest BCUT2D eigenvalue weighted by Gasteiger charge is -2.13. The quantitative estimate of drug-likeness (QED) is 0.747. The topological polar surface area (TPSA) is 43.3 Å². The van der Waals surface area contributed by atoms with Crippen LogP contribution in [0, 0.1) is 0 Å². The minimum Gasteiger partial charge on any atom is -0.396 e. The molecule has 80 valence electrons. The van der Waals surface area contributed by atoms with Crippen molar-refractivity contribution >= 4 is 22.9 Å². The monoisotopic (exact) mass is 223 g/mol. The van der Waals surface area contributed by atoms with Crippen molar-refractivity contribution in [3.63, 3.8) is 0 Å². The Bertz CT molecular complexity index is 469. The van der Waals surface area contributed by atoms with E-state index in [9.17, 15) is 0 Å². The predicted molar refractivity (Wildman–Crippen MR) is 63.3 cm³/mol. The van der Waals surface area contributed by atoms with Crippen molar-refractivity contribution in [1.82, 2.24) is 9.38 Å². The zero-order valence-electron chi connectivity index (χ0n) is 9.08. The Morgan fingerprint density at radius 2 is 2.00 bits per heavy atom. The van der Waals surface area contributed by atoms with Crippen molar-refractivity contribution in [3.8, 4) is 0 Å². The van der Waals surface area contributed by atoms with Crippen LogP contribution in [0.3, 0.4) is 0 Å². The van der Waals surface area contributed by atoms with E-state index in [2.05, 4.69) is 25.8 Å². The Morgan fingerprint density at radius 3 is 2.60 bits per heavy atom. The summed E-state index contributed by atoms with van der Waals surface area (Å²) in [5, 5.41) is 0.550. The van der Waals surface area contributed by atoms with Crippen LogP contribution in [0.25, 0.3) is 5.65 Å². The molecule has 0 saturated carbocycles. The van der Waals surface area contributed by atoms with Crippen LogP contribution in [-0.4, -0.2) is 9.38 Å². The average molecular weight is 224 g/mol. The lowest BCUT2D eigenvalue weighted by atomic mass is 9.93. The minimum atomic E-state index is 0.0350. The van der Waals surface area contributed by atoms with Crippen molar-refractivity contribution in [2.75, 3.05) is 5.73 Å². The summed E-state index contributed by atoms with van der Waals surface area (Å²) in [6.07, 6.45) is 3.78. The Hall–Kier alpha value is -1.22. The van der Waals surface area contributed by atoms with Gasteiger partial charge in [-0.25, -0.2) is 4.98 Å². The Labute approximate surface area is 93.9 Å². The van der Waals surface area contributed by atoms with E-state index in [1.807, 2.05) is 10.6 Å². The van der Waals surface area contributed by atoms with Crippen molar-refractivity contribution in [3.05, 3.63) is 29.2 Å². The number of hydrogen-bond donors (Lipinski definition) is 1. The van der Waals surface area contributed by atoms with Crippen LogP contribution < -0.4 is 5.73 Å². The second-order valence-electron chi connectivity index (χ2n) is 4.72. The van der Waals surface area contributed by atoms with Gasteiger partial charge in [-0.3, -0.25) is 0 Å². The molecule has 0 aliphatic heterocycles. The van der Waals surface area contributed by atoms with Gasteiger partial charge >= 0.3 is 0 Å². The molecule has 0 unspecified atom stereocenters. The van der Waals surface area contributed by atoms with Crippen LogP contribution in [0.2, 0.25) is 5.02 Å². The summed E-state index contributed by atoms with van der Waals surface area (Å²) in [6, 6.07) is 1.78. The summed E-state index contributed by atoms with van der Waals surface area (Å²) in [5.41, 5.74) is 8.19. The standard InChI is InChI=1S/C11H14ClN3/c1-11(2,3)9-6-15-5-8(13)7(12)4-10(15)14-9/h4-6H,13H2,1-3H3. The van der Waals surface area contributed by atoms with E-state index in [0.717, 1.165) is 11.3 Å². The lowest BCUT2D eigenvalue weighted by molar-refractivity contribution is 0.573. The summed E-state index contributed by atoms with van der Waals surface area (Å²) in [7, 11) is 0. The first-order chi connectivity index (χ1) is 6.88. The zero-order valence-corrected chi connectivity index (χ0v) is 9.84. The largest absolute Gasteiger partial charge is 0.396 e. The van der Waals surface area contributed by atoms with Crippen LogP contribution in [0.4, 0.5) is 5.69 Å². The third-order valence-electron chi connectivity index (χ3n) is 2.34. The lowest BCUT2D eigenvalue weighted by Crippen LogP contribution is -2.11. The van der Waals surface area contributed by atoms with E-state index in [4.69, 9.17) is 17.3 Å². The van der Waals surface area contributed by atoms with Gasteiger partial charge in [0.25, 0.3) is 0 Å². The Balaban J connectivity index is 2.66. The van der Waals surface area contributed by atoms with Crippen LogP contribution in [0.15, 0.2) is 18.5 Å². The van der Waals surface area contributed by atoms with Gasteiger partial charge in [0.2, 0.25) is 0 Å². The number of fused-ring (bicyclic) bond motifs is 1. The molecule has 0 aromatic carbocycles. The molecule has 2 rings (SSSR count). The number of rotatable bonds is 0. The number of nitrogen functional groups attached to an aromatic ring is 1.